The standard InChI is InChI=1S/C10H11O3/c1-2-8-3-5-9(6-4-8)13-7-10(11)12/h3-6H,1-2,7H2,(H,11,12). The summed E-state index contributed by atoms with van der Waals surface area (Å²) in [7, 11) is 0. The Morgan fingerprint density at radius 2 is 2.00 bits per heavy atom. The molecule has 0 saturated heterocycles. The minimum absolute atomic E-state index is 0.302. The molecule has 3 nitrogen and oxygen atoms in total. The Hall–Kier alpha value is -1.51. The molecule has 69 valence electrons. The van der Waals surface area contributed by atoms with Crippen LogP contribution in [0.5, 0.6) is 5.75 Å². The Labute approximate surface area is 77.0 Å². The van der Waals surface area contributed by atoms with Gasteiger partial charge in [-0.05, 0) is 31.0 Å². The fourth-order valence-electron chi connectivity index (χ4n) is 0.897. The number of hydrogen-bond acceptors (Lipinski definition) is 2. The van der Waals surface area contributed by atoms with E-state index in [-0.39, 0.29) is 6.61 Å². The molecule has 0 aliphatic heterocycles. The molecule has 1 rings (SSSR count). The van der Waals surface area contributed by atoms with Gasteiger partial charge in [0.05, 0.1) is 0 Å². The number of carboxylic acids is 1. The first-order valence-corrected chi connectivity index (χ1v) is 3.95. The number of ether oxygens (including phenoxy) is 1. The van der Waals surface area contributed by atoms with Gasteiger partial charge in [0.2, 0.25) is 0 Å². The summed E-state index contributed by atoms with van der Waals surface area (Å²) in [5.41, 5.74) is 1.10. The third-order valence-corrected chi connectivity index (χ3v) is 1.57. The number of rotatable bonds is 4. The van der Waals surface area contributed by atoms with Crippen LogP contribution in [0, 0.1) is 6.92 Å². The van der Waals surface area contributed by atoms with Gasteiger partial charge in [-0.1, -0.05) is 12.1 Å². The van der Waals surface area contributed by atoms with Gasteiger partial charge < -0.3 is 9.84 Å². The van der Waals surface area contributed by atoms with Gasteiger partial charge in [0.15, 0.2) is 6.61 Å². The molecule has 0 amide bonds. The van der Waals surface area contributed by atoms with Crippen LogP contribution in [0.15, 0.2) is 24.3 Å². The fourth-order valence-corrected chi connectivity index (χ4v) is 0.897. The summed E-state index contributed by atoms with van der Waals surface area (Å²) in [4.78, 5) is 10.2. The molecule has 1 N–H and O–H groups in total. The highest BCUT2D eigenvalue weighted by atomic mass is 16.5. The predicted octanol–water partition coefficient (Wildman–Crippen LogP) is 1.53. The number of benzene rings is 1. The highest BCUT2D eigenvalue weighted by Gasteiger charge is 1.98. The third kappa shape index (κ3) is 3.15. The van der Waals surface area contributed by atoms with E-state index in [1.165, 1.54) is 0 Å². The van der Waals surface area contributed by atoms with E-state index in [1.54, 1.807) is 12.1 Å². The second kappa shape index (κ2) is 4.50. The Balaban J connectivity index is 2.54. The first kappa shape index (κ1) is 9.58. The molecule has 13 heavy (non-hydrogen) atoms. The van der Waals surface area contributed by atoms with Crippen molar-refractivity contribution in [3.05, 3.63) is 36.8 Å². The molecule has 1 aromatic carbocycles. The van der Waals surface area contributed by atoms with Gasteiger partial charge in [-0.15, -0.1) is 0 Å². The van der Waals surface area contributed by atoms with Gasteiger partial charge in [0, 0.05) is 0 Å². The normalized spacial score (nSPS) is 9.62. The molecule has 0 aliphatic rings. The zero-order chi connectivity index (χ0) is 9.68. The smallest absolute Gasteiger partial charge is 0.341 e. The van der Waals surface area contributed by atoms with Crippen molar-refractivity contribution < 1.29 is 14.6 Å². The summed E-state index contributed by atoms with van der Waals surface area (Å²) >= 11 is 0. The fraction of sp³-hybridized carbons (Fsp3) is 0.200. The molecule has 0 aliphatic carbocycles. The van der Waals surface area contributed by atoms with E-state index in [9.17, 15) is 4.79 Å². The van der Waals surface area contributed by atoms with E-state index >= 15 is 0 Å². The van der Waals surface area contributed by atoms with Crippen LogP contribution in [0.3, 0.4) is 0 Å². The molecular weight excluding hydrogens is 168 g/mol. The highest BCUT2D eigenvalue weighted by molar-refractivity contribution is 5.68. The van der Waals surface area contributed by atoms with Gasteiger partial charge in [-0.2, -0.15) is 0 Å². The molecular formula is C10H11O3. The average Bonchev–Trinajstić information content (AvgIpc) is 2.15. The topological polar surface area (TPSA) is 46.5 Å². The number of carboxylic acid groups (broad SMARTS) is 1. The molecule has 0 spiro atoms. The zero-order valence-electron chi connectivity index (χ0n) is 7.19. The lowest BCUT2D eigenvalue weighted by molar-refractivity contribution is -0.139. The van der Waals surface area contributed by atoms with Crippen molar-refractivity contribution in [2.75, 3.05) is 6.61 Å². The third-order valence-electron chi connectivity index (χ3n) is 1.57. The Morgan fingerprint density at radius 3 is 2.46 bits per heavy atom. The zero-order valence-corrected chi connectivity index (χ0v) is 7.19. The van der Waals surface area contributed by atoms with Crippen molar-refractivity contribution in [3.63, 3.8) is 0 Å². The van der Waals surface area contributed by atoms with Gasteiger partial charge in [0.1, 0.15) is 5.75 Å². The van der Waals surface area contributed by atoms with Crippen molar-refractivity contribution in [1.82, 2.24) is 0 Å². The van der Waals surface area contributed by atoms with E-state index in [0.717, 1.165) is 12.0 Å². The first-order valence-electron chi connectivity index (χ1n) is 3.95. The molecule has 3 heteroatoms. The van der Waals surface area contributed by atoms with Gasteiger partial charge in [-0.3, -0.25) is 0 Å². The highest BCUT2D eigenvalue weighted by Crippen LogP contribution is 2.11. The predicted molar refractivity (Wildman–Crippen MR) is 48.6 cm³/mol. The van der Waals surface area contributed by atoms with Crippen LogP contribution < -0.4 is 4.74 Å². The lowest BCUT2D eigenvalue weighted by Gasteiger charge is -2.03. The van der Waals surface area contributed by atoms with E-state index in [4.69, 9.17) is 9.84 Å². The second-order valence-electron chi connectivity index (χ2n) is 2.58. The lowest BCUT2D eigenvalue weighted by atomic mass is 10.2. The first-order chi connectivity index (χ1) is 6.22. The molecule has 1 aromatic rings. The summed E-state index contributed by atoms with van der Waals surface area (Å²) in [6, 6.07) is 7.21. The summed E-state index contributed by atoms with van der Waals surface area (Å²) in [5.74, 6) is -0.402. The number of hydrogen-bond donors (Lipinski definition) is 1. The van der Waals surface area contributed by atoms with Gasteiger partial charge in [-0.25, -0.2) is 4.79 Å². The van der Waals surface area contributed by atoms with Crippen LogP contribution in [0.1, 0.15) is 5.56 Å². The lowest BCUT2D eigenvalue weighted by Crippen LogP contribution is -2.09. The largest absolute Gasteiger partial charge is 0.482 e. The molecule has 0 unspecified atom stereocenters. The Kier molecular flexibility index (Phi) is 3.31. The van der Waals surface area contributed by atoms with E-state index in [1.807, 2.05) is 12.1 Å². The molecule has 1 radical (unpaired) electrons. The van der Waals surface area contributed by atoms with Crippen LogP contribution in [-0.2, 0) is 11.2 Å². The van der Waals surface area contributed by atoms with E-state index < -0.39 is 5.97 Å². The molecule has 0 atom stereocenters. The van der Waals surface area contributed by atoms with E-state index in [2.05, 4.69) is 6.92 Å². The summed E-state index contributed by atoms with van der Waals surface area (Å²) in [6.07, 6.45) is 0.721. The number of carbonyl (C=O) groups is 1. The van der Waals surface area contributed by atoms with Crippen molar-refractivity contribution in [3.8, 4) is 5.75 Å². The van der Waals surface area contributed by atoms with Crippen molar-refractivity contribution >= 4 is 5.97 Å². The molecule has 0 heterocycles. The maximum Gasteiger partial charge on any atom is 0.341 e. The van der Waals surface area contributed by atoms with Gasteiger partial charge in [0.25, 0.3) is 0 Å². The summed E-state index contributed by atoms with van der Waals surface area (Å²) < 4.78 is 4.95. The maximum absolute atomic E-state index is 10.2. The molecule has 0 aromatic heterocycles. The number of aliphatic carboxylic acids is 1. The minimum atomic E-state index is -0.971. The van der Waals surface area contributed by atoms with Gasteiger partial charge >= 0.3 is 5.97 Å². The van der Waals surface area contributed by atoms with Crippen molar-refractivity contribution in [2.24, 2.45) is 0 Å². The monoisotopic (exact) mass is 179 g/mol. The SMILES string of the molecule is [CH2]Cc1ccc(OCC(=O)O)cc1. The van der Waals surface area contributed by atoms with Crippen LogP contribution >= 0.6 is 0 Å². The summed E-state index contributed by atoms with van der Waals surface area (Å²) in [5, 5.41) is 8.34. The minimum Gasteiger partial charge on any atom is -0.482 e. The van der Waals surface area contributed by atoms with Crippen molar-refractivity contribution in [1.29, 1.82) is 0 Å². The quantitative estimate of drug-likeness (QED) is 0.762. The molecule has 0 bridgehead atoms. The Bertz CT molecular complexity index is 277. The molecule has 0 saturated carbocycles. The second-order valence-corrected chi connectivity index (χ2v) is 2.58. The van der Waals surface area contributed by atoms with Crippen LogP contribution in [0.4, 0.5) is 0 Å². The average molecular weight is 179 g/mol. The Morgan fingerprint density at radius 1 is 1.38 bits per heavy atom. The molecule has 0 fully saturated rings. The van der Waals surface area contributed by atoms with Crippen LogP contribution in [0.25, 0.3) is 0 Å². The maximum atomic E-state index is 10.2. The van der Waals surface area contributed by atoms with Crippen LogP contribution in [-0.4, -0.2) is 17.7 Å². The summed E-state index contributed by atoms with van der Waals surface area (Å²) in [6.45, 7) is 3.42. The van der Waals surface area contributed by atoms with Crippen molar-refractivity contribution in [2.45, 2.75) is 6.42 Å². The van der Waals surface area contributed by atoms with Crippen LogP contribution in [0.2, 0.25) is 0 Å². The van der Waals surface area contributed by atoms with E-state index in [0.29, 0.717) is 5.75 Å².